The van der Waals surface area contributed by atoms with E-state index < -0.39 is 19.2 Å². The van der Waals surface area contributed by atoms with Gasteiger partial charge in [-0.3, -0.25) is 9.69 Å². The lowest BCUT2D eigenvalue weighted by Gasteiger charge is -2.22. The summed E-state index contributed by atoms with van der Waals surface area (Å²) in [6.07, 6.45) is -0.544. The van der Waals surface area contributed by atoms with Crippen LogP contribution in [0.3, 0.4) is 0 Å². The van der Waals surface area contributed by atoms with Crippen LogP contribution >= 0.6 is 11.8 Å². The number of aliphatic hydroxyl groups is 1. The van der Waals surface area contributed by atoms with Crippen molar-refractivity contribution < 1.29 is 29.1 Å². The van der Waals surface area contributed by atoms with Crippen LogP contribution in [0.15, 0.2) is 72.8 Å². The van der Waals surface area contributed by atoms with Gasteiger partial charge in [-0.1, -0.05) is 36.0 Å². The minimum atomic E-state index is -1.52. The van der Waals surface area contributed by atoms with Crippen LogP contribution in [-0.4, -0.2) is 39.0 Å². The maximum atomic E-state index is 13.2. The lowest BCUT2D eigenvalue weighted by atomic mass is 9.80. The first-order valence-electron chi connectivity index (χ1n) is 9.57. The Kier molecular flexibility index (Phi) is 6.29. The molecule has 3 aromatic rings. The zero-order valence-corrected chi connectivity index (χ0v) is 17.1. The van der Waals surface area contributed by atoms with Gasteiger partial charge >= 0.3 is 7.12 Å². The van der Waals surface area contributed by atoms with Gasteiger partial charge in [0.25, 0.3) is 5.24 Å². The van der Waals surface area contributed by atoms with Gasteiger partial charge < -0.3 is 19.9 Å². The molecule has 9 heteroatoms. The highest BCUT2D eigenvalue weighted by Crippen LogP contribution is 2.36. The van der Waals surface area contributed by atoms with E-state index in [1.165, 1.54) is 29.2 Å². The van der Waals surface area contributed by atoms with Crippen molar-refractivity contribution in [2.75, 3.05) is 4.90 Å². The monoisotopic (exact) mass is 439 g/mol. The average molecular weight is 439 g/mol. The summed E-state index contributed by atoms with van der Waals surface area (Å²) < 4.78 is 18.9. The highest BCUT2D eigenvalue weighted by Gasteiger charge is 2.40. The van der Waals surface area contributed by atoms with Gasteiger partial charge in [-0.25, -0.2) is 4.39 Å². The summed E-state index contributed by atoms with van der Waals surface area (Å²) in [6.45, 7) is 0. The van der Waals surface area contributed by atoms with Gasteiger partial charge in [0.15, 0.2) is 0 Å². The standard InChI is InChI=1S/C22H19BFNO5S/c24-16-5-7-17(8-6-16)25-21(26)20(31-22(25)27)13-14-1-9-18(10-2-14)30-19-11-3-15(4-12-19)23(28)29/h1-12,20-21,26,28-29H,13H2. The molecule has 6 nitrogen and oxygen atoms in total. The molecule has 0 saturated carbocycles. The van der Waals surface area contributed by atoms with E-state index in [4.69, 9.17) is 14.8 Å². The minimum absolute atomic E-state index is 0.277. The maximum absolute atomic E-state index is 13.2. The topological polar surface area (TPSA) is 90.2 Å². The summed E-state index contributed by atoms with van der Waals surface area (Å²) in [5, 5.41) is 28.3. The van der Waals surface area contributed by atoms with E-state index in [-0.39, 0.29) is 10.5 Å². The van der Waals surface area contributed by atoms with Gasteiger partial charge in [-0.05, 0) is 66.0 Å². The predicted molar refractivity (Wildman–Crippen MR) is 118 cm³/mol. The van der Waals surface area contributed by atoms with E-state index >= 15 is 0 Å². The number of thioether (sulfide) groups is 1. The van der Waals surface area contributed by atoms with E-state index in [9.17, 15) is 14.3 Å². The smallest absolute Gasteiger partial charge is 0.457 e. The number of benzene rings is 3. The number of carbonyl (C=O) groups excluding carboxylic acids is 1. The van der Waals surface area contributed by atoms with Crippen molar-refractivity contribution in [1.29, 1.82) is 0 Å². The van der Waals surface area contributed by atoms with Gasteiger partial charge in [0.05, 0.1) is 5.25 Å². The third-order valence-electron chi connectivity index (χ3n) is 4.92. The largest absolute Gasteiger partial charge is 0.488 e. The van der Waals surface area contributed by atoms with Crippen LogP contribution in [-0.2, 0) is 6.42 Å². The van der Waals surface area contributed by atoms with Crippen LogP contribution < -0.4 is 15.1 Å². The van der Waals surface area contributed by atoms with Crippen LogP contribution in [0.2, 0.25) is 0 Å². The normalized spacial score (nSPS) is 18.3. The number of hydrogen-bond donors (Lipinski definition) is 3. The molecule has 0 aromatic heterocycles. The first kappa shape index (κ1) is 21.4. The Hall–Kier alpha value is -2.85. The molecule has 2 unspecified atom stereocenters. The third kappa shape index (κ3) is 4.91. The lowest BCUT2D eigenvalue weighted by Crippen LogP contribution is -2.37. The third-order valence-corrected chi connectivity index (χ3v) is 6.04. The summed E-state index contributed by atoms with van der Waals surface area (Å²) in [5.74, 6) is 0.752. The Morgan fingerprint density at radius 2 is 1.52 bits per heavy atom. The number of amides is 1. The van der Waals surface area contributed by atoms with Gasteiger partial charge in [0.2, 0.25) is 0 Å². The van der Waals surface area contributed by atoms with Crippen LogP contribution in [0.25, 0.3) is 0 Å². The molecular formula is C22H19BFNO5S. The zero-order chi connectivity index (χ0) is 22.0. The Labute approximate surface area is 183 Å². The van der Waals surface area contributed by atoms with E-state index in [1.54, 1.807) is 36.4 Å². The van der Waals surface area contributed by atoms with E-state index in [1.807, 2.05) is 12.1 Å². The first-order valence-corrected chi connectivity index (χ1v) is 10.4. The van der Waals surface area contributed by atoms with Crippen molar-refractivity contribution >= 4 is 35.3 Å². The molecule has 1 aliphatic heterocycles. The Morgan fingerprint density at radius 3 is 2.10 bits per heavy atom. The fourth-order valence-electron chi connectivity index (χ4n) is 3.30. The average Bonchev–Trinajstić information content (AvgIpc) is 3.03. The molecule has 2 atom stereocenters. The molecule has 1 saturated heterocycles. The molecule has 0 aliphatic carbocycles. The second-order valence-corrected chi connectivity index (χ2v) is 8.27. The second kappa shape index (κ2) is 9.11. The van der Waals surface area contributed by atoms with Crippen LogP contribution in [0, 0.1) is 5.82 Å². The van der Waals surface area contributed by atoms with Gasteiger partial charge in [-0.2, -0.15) is 0 Å². The molecule has 1 heterocycles. The molecule has 3 N–H and O–H groups in total. The molecule has 158 valence electrons. The lowest BCUT2D eigenvalue weighted by molar-refractivity contribution is 0.176. The maximum Gasteiger partial charge on any atom is 0.488 e. The van der Waals surface area contributed by atoms with Crippen molar-refractivity contribution in [3.63, 3.8) is 0 Å². The molecule has 3 aromatic carbocycles. The summed E-state index contributed by atoms with van der Waals surface area (Å²) in [5.41, 5.74) is 1.76. The Morgan fingerprint density at radius 1 is 0.935 bits per heavy atom. The fourth-order valence-corrected chi connectivity index (χ4v) is 4.40. The Bertz CT molecular complexity index is 1050. The van der Waals surface area contributed by atoms with Crippen LogP contribution in [0.5, 0.6) is 11.5 Å². The Balaban J connectivity index is 1.39. The fraction of sp³-hybridized carbons (Fsp3) is 0.136. The molecular weight excluding hydrogens is 420 g/mol. The van der Waals surface area contributed by atoms with Gasteiger partial charge in [-0.15, -0.1) is 0 Å². The summed E-state index contributed by atoms with van der Waals surface area (Å²) in [6, 6.07) is 19.2. The number of halogens is 1. The molecule has 0 spiro atoms. The zero-order valence-electron chi connectivity index (χ0n) is 16.3. The van der Waals surface area contributed by atoms with Crippen molar-refractivity contribution in [3.05, 3.63) is 84.2 Å². The van der Waals surface area contributed by atoms with Crippen molar-refractivity contribution in [2.24, 2.45) is 0 Å². The van der Waals surface area contributed by atoms with E-state index in [0.29, 0.717) is 29.1 Å². The molecule has 1 aliphatic rings. The second-order valence-electron chi connectivity index (χ2n) is 7.08. The van der Waals surface area contributed by atoms with Crippen LogP contribution in [0.1, 0.15) is 5.56 Å². The molecule has 31 heavy (non-hydrogen) atoms. The number of anilines is 1. The minimum Gasteiger partial charge on any atom is -0.457 e. The number of hydrogen-bond acceptors (Lipinski definition) is 6. The molecule has 4 rings (SSSR count). The quantitative estimate of drug-likeness (QED) is 0.512. The molecule has 0 bridgehead atoms. The van der Waals surface area contributed by atoms with Crippen molar-refractivity contribution in [2.45, 2.75) is 17.9 Å². The van der Waals surface area contributed by atoms with Crippen molar-refractivity contribution in [1.82, 2.24) is 0 Å². The number of carbonyl (C=O) groups is 1. The number of aliphatic hydroxyl groups excluding tert-OH is 1. The van der Waals surface area contributed by atoms with Crippen molar-refractivity contribution in [3.8, 4) is 11.5 Å². The van der Waals surface area contributed by atoms with Gasteiger partial charge in [0.1, 0.15) is 23.5 Å². The highest BCUT2D eigenvalue weighted by atomic mass is 32.2. The van der Waals surface area contributed by atoms with E-state index in [0.717, 1.165) is 17.3 Å². The molecule has 1 fully saturated rings. The number of rotatable bonds is 6. The number of nitrogens with zero attached hydrogens (tertiary/aromatic N) is 1. The highest BCUT2D eigenvalue weighted by molar-refractivity contribution is 8.14. The molecule has 0 radical (unpaired) electrons. The summed E-state index contributed by atoms with van der Waals surface area (Å²) in [7, 11) is -1.52. The van der Waals surface area contributed by atoms with Gasteiger partial charge in [0, 0.05) is 5.69 Å². The molecule has 1 amide bonds. The van der Waals surface area contributed by atoms with E-state index in [2.05, 4.69) is 0 Å². The van der Waals surface area contributed by atoms with Crippen LogP contribution in [0.4, 0.5) is 14.9 Å². The summed E-state index contributed by atoms with van der Waals surface area (Å²) in [4.78, 5) is 13.7. The first-order chi connectivity index (χ1) is 14.9. The SMILES string of the molecule is O=C1SC(Cc2ccc(Oc3ccc(B(O)O)cc3)cc2)C(O)N1c1ccc(F)cc1. The summed E-state index contributed by atoms with van der Waals surface area (Å²) >= 11 is 1.06. The predicted octanol–water partition coefficient (Wildman–Crippen LogP) is 2.90. The number of ether oxygens (including phenoxy) is 1.